The zero-order valence-corrected chi connectivity index (χ0v) is 12.0. The van der Waals surface area contributed by atoms with Crippen molar-refractivity contribution in [1.29, 1.82) is 0 Å². The maximum Gasteiger partial charge on any atom is 0.239 e. The molecule has 0 fully saturated rings. The van der Waals surface area contributed by atoms with Crippen LogP contribution in [0.4, 0.5) is 5.82 Å². The Kier molecular flexibility index (Phi) is 6.50. The van der Waals surface area contributed by atoms with Gasteiger partial charge in [-0.25, -0.2) is 4.98 Å². The van der Waals surface area contributed by atoms with E-state index in [4.69, 9.17) is 0 Å². The molecule has 1 aromatic heterocycles. The van der Waals surface area contributed by atoms with Crippen molar-refractivity contribution in [1.82, 2.24) is 4.98 Å². The van der Waals surface area contributed by atoms with E-state index >= 15 is 0 Å². The first-order chi connectivity index (χ1) is 8.79. The van der Waals surface area contributed by atoms with Crippen LogP contribution in [0.25, 0.3) is 0 Å². The Bertz CT molecular complexity index is 404. The molecule has 1 amide bonds. The summed E-state index contributed by atoms with van der Waals surface area (Å²) in [4.78, 5) is 17.2. The number of anilines is 1. The number of allylic oxidation sites excluding steroid dienone is 2. The van der Waals surface area contributed by atoms with Gasteiger partial charge in [-0.2, -0.15) is 0 Å². The molecule has 3 nitrogen and oxygen atoms in total. The lowest BCUT2D eigenvalue weighted by Crippen LogP contribution is -2.23. The fraction of sp³-hybridized carbons (Fsp3) is 0.429. The predicted molar refractivity (Wildman–Crippen MR) is 78.6 cm³/mol. The number of carbonyl (C=O) groups excluding carboxylic acids is 1. The number of pyridine rings is 1. The van der Waals surface area contributed by atoms with Gasteiger partial charge < -0.3 is 5.32 Å². The second-order valence-corrected chi connectivity index (χ2v) is 4.90. The lowest BCUT2D eigenvalue weighted by molar-refractivity contribution is -0.115. The van der Waals surface area contributed by atoms with Gasteiger partial charge in [0, 0.05) is 6.20 Å². The molecule has 0 saturated carbocycles. The molecular weight excluding hydrogens is 244 g/mol. The summed E-state index contributed by atoms with van der Waals surface area (Å²) in [6.45, 7) is 6.11. The Hall–Kier alpha value is -1.29. The Labute approximate surface area is 113 Å². The third kappa shape index (κ3) is 4.18. The molecule has 0 aromatic carbocycles. The summed E-state index contributed by atoms with van der Waals surface area (Å²) < 4.78 is 0. The van der Waals surface area contributed by atoms with Gasteiger partial charge in [-0.05, 0) is 29.9 Å². The number of nitrogens with one attached hydrogen (secondary N) is 1. The van der Waals surface area contributed by atoms with E-state index in [1.807, 2.05) is 26.0 Å². The molecule has 18 heavy (non-hydrogen) atoms. The van der Waals surface area contributed by atoms with Crippen molar-refractivity contribution in [2.24, 2.45) is 0 Å². The van der Waals surface area contributed by atoms with Gasteiger partial charge in [-0.3, -0.25) is 4.79 Å². The molecule has 1 aromatic rings. The summed E-state index contributed by atoms with van der Waals surface area (Å²) in [5, 5.41) is 2.84. The Balaban J connectivity index is 0.000000771. The number of hydrogen-bond donors (Lipinski definition) is 1. The van der Waals surface area contributed by atoms with Gasteiger partial charge in [0.1, 0.15) is 5.82 Å². The summed E-state index contributed by atoms with van der Waals surface area (Å²) in [5.41, 5.74) is 0. The van der Waals surface area contributed by atoms with Crippen LogP contribution in [0.1, 0.15) is 33.6 Å². The fourth-order valence-corrected chi connectivity index (χ4v) is 2.63. The molecule has 1 N–H and O–H groups in total. The van der Waals surface area contributed by atoms with Crippen LogP contribution in [-0.4, -0.2) is 16.1 Å². The van der Waals surface area contributed by atoms with E-state index < -0.39 is 0 Å². The zero-order chi connectivity index (χ0) is 13.4. The molecule has 1 atom stereocenters. The first-order valence-electron chi connectivity index (χ1n) is 6.37. The van der Waals surface area contributed by atoms with E-state index in [1.165, 1.54) is 4.91 Å². The van der Waals surface area contributed by atoms with Crippen LogP contribution in [0.15, 0.2) is 35.4 Å². The molecule has 1 aliphatic heterocycles. The van der Waals surface area contributed by atoms with E-state index in [1.54, 1.807) is 24.0 Å². The van der Waals surface area contributed by atoms with Crippen LogP contribution in [0.3, 0.4) is 0 Å². The second kappa shape index (κ2) is 7.93. The maximum absolute atomic E-state index is 11.9. The lowest BCUT2D eigenvalue weighted by atomic mass is 10.2. The maximum atomic E-state index is 11.9. The molecule has 0 aliphatic carbocycles. The monoisotopic (exact) mass is 264 g/mol. The van der Waals surface area contributed by atoms with Gasteiger partial charge >= 0.3 is 0 Å². The Morgan fingerprint density at radius 3 is 2.83 bits per heavy atom. The zero-order valence-electron chi connectivity index (χ0n) is 11.1. The molecule has 98 valence electrons. The average molecular weight is 264 g/mol. The van der Waals surface area contributed by atoms with Crippen molar-refractivity contribution in [2.75, 3.05) is 5.32 Å². The Morgan fingerprint density at radius 2 is 2.28 bits per heavy atom. The summed E-state index contributed by atoms with van der Waals surface area (Å²) in [6, 6.07) is 5.49. The third-order valence-corrected chi connectivity index (χ3v) is 3.86. The number of hydrogen-bond acceptors (Lipinski definition) is 3. The molecule has 1 aliphatic rings. The van der Waals surface area contributed by atoms with Crippen LogP contribution in [0, 0.1) is 0 Å². The van der Waals surface area contributed by atoms with Crippen LogP contribution >= 0.6 is 11.8 Å². The number of nitrogens with zero attached hydrogens (tertiary/aromatic N) is 1. The number of carbonyl (C=O) groups is 1. The summed E-state index contributed by atoms with van der Waals surface area (Å²) in [6.07, 6.45) is 5.66. The van der Waals surface area contributed by atoms with Gasteiger partial charge in [0.2, 0.25) is 5.91 Å². The van der Waals surface area contributed by atoms with Crippen LogP contribution in [0.5, 0.6) is 0 Å². The lowest BCUT2D eigenvalue weighted by Gasteiger charge is -2.09. The summed E-state index contributed by atoms with van der Waals surface area (Å²) in [7, 11) is 0. The van der Waals surface area contributed by atoms with Crippen LogP contribution in [-0.2, 0) is 4.79 Å². The molecule has 0 spiro atoms. The van der Waals surface area contributed by atoms with Crippen molar-refractivity contribution in [3.8, 4) is 0 Å². The first kappa shape index (κ1) is 14.8. The largest absolute Gasteiger partial charge is 0.310 e. The molecule has 2 heterocycles. The van der Waals surface area contributed by atoms with E-state index in [0.29, 0.717) is 5.82 Å². The molecule has 0 bridgehead atoms. The van der Waals surface area contributed by atoms with E-state index in [0.717, 1.165) is 12.8 Å². The number of rotatable bonds is 3. The van der Waals surface area contributed by atoms with Gasteiger partial charge in [0.15, 0.2) is 0 Å². The SMILES string of the molecule is CC.CCC1=CCC(C(=O)Nc2ccccn2)S1. The highest BCUT2D eigenvalue weighted by molar-refractivity contribution is 8.04. The number of thioether (sulfide) groups is 1. The van der Waals surface area contributed by atoms with E-state index in [9.17, 15) is 4.79 Å². The van der Waals surface area contributed by atoms with Crippen molar-refractivity contribution < 1.29 is 4.79 Å². The van der Waals surface area contributed by atoms with Crippen LogP contribution < -0.4 is 5.32 Å². The quantitative estimate of drug-likeness (QED) is 0.901. The number of amides is 1. The minimum Gasteiger partial charge on any atom is -0.310 e. The normalized spacial score (nSPS) is 17.5. The predicted octanol–water partition coefficient (Wildman–Crippen LogP) is 3.85. The third-order valence-electron chi connectivity index (χ3n) is 2.41. The van der Waals surface area contributed by atoms with E-state index in [2.05, 4.69) is 23.3 Å². The molecule has 0 saturated heterocycles. The van der Waals surface area contributed by atoms with Gasteiger partial charge in [0.05, 0.1) is 5.25 Å². The highest BCUT2D eigenvalue weighted by atomic mass is 32.2. The highest BCUT2D eigenvalue weighted by Gasteiger charge is 2.24. The van der Waals surface area contributed by atoms with Crippen molar-refractivity contribution >= 4 is 23.5 Å². The van der Waals surface area contributed by atoms with Crippen molar-refractivity contribution in [2.45, 2.75) is 38.9 Å². The van der Waals surface area contributed by atoms with Crippen molar-refractivity contribution in [3.63, 3.8) is 0 Å². The van der Waals surface area contributed by atoms with Crippen LogP contribution in [0.2, 0.25) is 0 Å². The summed E-state index contributed by atoms with van der Waals surface area (Å²) in [5.74, 6) is 0.668. The first-order valence-corrected chi connectivity index (χ1v) is 7.25. The minimum atomic E-state index is 0.0111. The second-order valence-electron chi connectivity index (χ2n) is 3.57. The summed E-state index contributed by atoms with van der Waals surface area (Å²) >= 11 is 1.66. The highest BCUT2D eigenvalue weighted by Crippen LogP contribution is 2.34. The van der Waals surface area contributed by atoms with Gasteiger partial charge in [-0.1, -0.05) is 32.9 Å². The number of aromatic nitrogens is 1. The molecule has 4 heteroatoms. The minimum absolute atomic E-state index is 0.0111. The van der Waals surface area contributed by atoms with Gasteiger partial charge in [0.25, 0.3) is 0 Å². The Morgan fingerprint density at radius 1 is 1.50 bits per heavy atom. The smallest absolute Gasteiger partial charge is 0.239 e. The van der Waals surface area contributed by atoms with Crippen molar-refractivity contribution in [3.05, 3.63) is 35.4 Å². The molecular formula is C14H20N2OS. The molecule has 0 radical (unpaired) electrons. The average Bonchev–Trinajstić information content (AvgIpc) is 2.91. The standard InChI is InChI=1S/C12H14N2OS.C2H6/c1-2-9-6-7-10(16-9)12(15)14-11-5-3-4-8-13-11;1-2/h3-6,8,10H,2,7H2,1H3,(H,13,14,15);1-2H3. The molecule has 1 unspecified atom stereocenters. The topological polar surface area (TPSA) is 42.0 Å². The molecule has 2 rings (SSSR count). The van der Waals surface area contributed by atoms with E-state index in [-0.39, 0.29) is 11.2 Å². The van der Waals surface area contributed by atoms with Gasteiger partial charge in [-0.15, -0.1) is 11.8 Å². The fourth-order valence-electron chi connectivity index (χ4n) is 1.55.